The topological polar surface area (TPSA) is 43.8 Å². The molecule has 0 amide bonds. The Morgan fingerprint density at radius 1 is 1.19 bits per heavy atom. The van der Waals surface area contributed by atoms with E-state index in [0.717, 1.165) is 38.6 Å². The minimum Gasteiger partial charge on any atom is -0.480 e. The molecule has 1 aliphatic rings. The van der Waals surface area contributed by atoms with Crippen molar-refractivity contribution < 1.29 is 9.90 Å². The van der Waals surface area contributed by atoms with Gasteiger partial charge in [0.15, 0.2) is 0 Å². The van der Waals surface area contributed by atoms with Gasteiger partial charge in [-0.1, -0.05) is 13.8 Å². The zero-order chi connectivity index (χ0) is 12.0. The van der Waals surface area contributed by atoms with Crippen LogP contribution < -0.4 is 0 Å². The molecule has 0 radical (unpaired) electrons. The van der Waals surface area contributed by atoms with E-state index in [-0.39, 0.29) is 6.54 Å². The molecular weight excluding hydrogens is 204 g/mol. The fourth-order valence-electron chi connectivity index (χ4n) is 1.91. The maximum atomic E-state index is 10.7. The summed E-state index contributed by atoms with van der Waals surface area (Å²) in [6.45, 7) is 9.39. The van der Waals surface area contributed by atoms with Crippen molar-refractivity contribution in [2.75, 3.05) is 39.3 Å². The first kappa shape index (κ1) is 13.5. The van der Waals surface area contributed by atoms with Crippen LogP contribution in [-0.4, -0.2) is 60.1 Å². The number of rotatable bonds is 9. The normalized spacial score (nSPS) is 16.0. The van der Waals surface area contributed by atoms with E-state index in [1.165, 1.54) is 12.8 Å². The van der Waals surface area contributed by atoms with Crippen LogP contribution in [0.2, 0.25) is 0 Å². The van der Waals surface area contributed by atoms with Gasteiger partial charge >= 0.3 is 5.97 Å². The lowest BCUT2D eigenvalue weighted by atomic mass is 10.3. The van der Waals surface area contributed by atoms with Crippen LogP contribution >= 0.6 is 0 Å². The van der Waals surface area contributed by atoms with Gasteiger partial charge in [-0.05, 0) is 31.8 Å². The summed E-state index contributed by atoms with van der Waals surface area (Å²) < 4.78 is 0. The highest BCUT2D eigenvalue weighted by molar-refractivity contribution is 5.69. The summed E-state index contributed by atoms with van der Waals surface area (Å²) >= 11 is 0. The Hall–Kier alpha value is -0.610. The van der Waals surface area contributed by atoms with Crippen molar-refractivity contribution >= 4 is 5.97 Å². The van der Waals surface area contributed by atoms with Gasteiger partial charge in [-0.25, -0.2) is 0 Å². The lowest BCUT2D eigenvalue weighted by Crippen LogP contribution is -2.38. The molecule has 0 bridgehead atoms. The van der Waals surface area contributed by atoms with E-state index < -0.39 is 5.97 Å². The van der Waals surface area contributed by atoms with Crippen molar-refractivity contribution in [2.45, 2.75) is 26.7 Å². The molecule has 0 atom stereocenters. The van der Waals surface area contributed by atoms with Gasteiger partial charge in [0.05, 0.1) is 6.54 Å². The molecule has 4 heteroatoms. The van der Waals surface area contributed by atoms with E-state index in [9.17, 15) is 4.79 Å². The molecule has 0 heterocycles. The second-order valence-corrected chi connectivity index (χ2v) is 4.60. The number of carbonyl (C=O) groups is 1. The summed E-state index contributed by atoms with van der Waals surface area (Å²) in [5, 5.41) is 8.84. The quantitative estimate of drug-likeness (QED) is 0.642. The molecule has 0 saturated heterocycles. The van der Waals surface area contributed by atoms with Gasteiger partial charge in [-0.2, -0.15) is 0 Å². The molecule has 94 valence electrons. The molecular formula is C12H24N2O2. The number of carboxylic acids is 1. The zero-order valence-corrected chi connectivity index (χ0v) is 10.5. The number of hydrogen-bond donors (Lipinski definition) is 1. The van der Waals surface area contributed by atoms with Crippen LogP contribution in [0.1, 0.15) is 26.7 Å². The van der Waals surface area contributed by atoms with Gasteiger partial charge in [0.1, 0.15) is 0 Å². The smallest absolute Gasteiger partial charge is 0.317 e. The van der Waals surface area contributed by atoms with Crippen molar-refractivity contribution in [3.8, 4) is 0 Å². The lowest BCUT2D eigenvalue weighted by molar-refractivity contribution is -0.138. The highest BCUT2D eigenvalue weighted by Gasteiger charge is 2.25. The van der Waals surface area contributed by atoms with E-state index in [4.69, 9.17) is 5.11 Å². The maximum absolute atomic E-state index is 10.7. The third-order valence-corrected chi connectivity index (χ3v) is 3.20. The first-order chi connectivity index (χ1) is 7.65. The van der Waals surface area contributed by atoms with E-state index in [1.54, 1.807) is 0 Å². The Balaban J connectivity index is 2.26. The highest BCUT2D eigenvalue weighted by atomic mass is 16.4. The first-order valence-electron chi connectivity index (χ1n) is 6.32. The van der Waals surface area contributed by atoms with Crippen LogP contribution in [0.25, 0.3) is 0 Å². The van der Waals surface area contributed by atoms with E-state index in [1.807, 2.05) is 0 Å². The number of nitrogens with zero attached hydrogens (tertiary/aromatic N) is 2. The third-order valence-electron chi connectivity index (χ3n) is 3.20. The molecule has 1 rings (SSSR count). The van der Waals surface area contributed by atoms with Gasteiger partial charge in [0.25, 0.3) is 0 Å². The number of carboxylic acid groups (broad SMARTS) is 1. The van der Waals surface area contributed by atoms with Gasteiger partial charge < -0.3 is 10.0 Å². The van der Waals surface area contributed by atoms with Crippen LogP contribution in [0, 0.1) is 5.92 Å². The summed E-state index contributed by atoms with van der Waals surface area (Å²) in [5.41, 5.74) is 0. The van der Waals surface area contributed by atoms with Crippen LogP contribution in [0.4, 0.5) is 0 Å². The largest absolute Gasteiger partial charge is 0.480 e. The van der Waals surface area contributed by atoms with Gasteiger partial charge in [0, 0.05) is 19.6 Å². The Kier molecular flexibility index (Phi) is 5.77. The first-order valence-corrected chi connectivity index (χ1v) is 6.32. The molecule has 0 aromatic heterocycles. The van der Waals surface area contributed by atoms with Crippen molar-refractivity contribution in [3.05, 3.63) is 0 Å². The molecule has 4 nitrogen and oxygen atoms in total. The van der Waals surface area contributed by atoms with E-state index in [0.29, 0.717) is 0 Å². The summed E-state index contributed by atoms with van der Waals surface area (Å²) in [5.74, 6) is 0.0521. The summed E-state index contributed by atoms with van der Waals surface area (Å²) in [7, 11) is 0. The van der Waals surface area contributed by atoms with Gasteiger partial charge in [-0.3, -0.25) is 9.69 Å². The second-order valence-electron chi connectivity index (χ2n) is 4.60. The molecule has 1 fully saturated rings. The number of aliphatic carboxylic acids is 1. The molecule has 0 spiro atoms. The minimum atomic E-state index is -0.708. The zero-order valence-electron chi connectivity index (χ0n) is 10.5. The third kappa shape index (κ3) is 5.47. The Morgan fingerprint density at radius 2 is 1.75 bits per heavy atom. The van der Waals surface area contributed by atoms with Crippen LogP contribution in [0.3, 0.4) is 0 Å². The summed E-state index contributed by atoms with van der Waals surface area (Å²) in [6.07, 6.45) is 2.56. The molecule has 1 aliphatic carbocycles. The molecule has 16 heavy (non-hydrogen) atoms. The van der Waals surface area contributed by atoms with Crippen molar-refractivity contribution in [1.29, 1.82) is 0 Å². The fraction of sp³-hybridized carbons (Fsp3) is 0.917. The Bertz CT molecular complexity index is 213. The highest BCUT2D eigenvalue weighted by Crippen LogP contribution is 2.29. The summed E-state index contributed by atoms with van der Waals surface area (Å²) in [6, 6.07) is 0. The summed E-state index contributed by atoms with van der Waals surface area (Å²) in [4.78, 5) is 15.2. The molecule has 0 aromatic carbocycles. The Morgan fingerprint density at radius 3 is 2.19 bits per heavy atom. The Labute approximate surface area is 98.2 Å². The van der Waals surface area contributed by atoms with Crippen molar-refractivity contribution in [2.24, 2.45) is 5.92 Å². The number of likely N-dealkylation sites (N-methyl/N-ethyl adjacent to an activating group) is 1. The predicted molar refractivity (Wildman–Crippen MR) is 64.6 cm³/mol. The van der Waals surface area contributed by atoms with Gasteiger partial charge in [-0.15, -0.1) is 0 Å². The SMILES string of the molecule is CCN(CC)CCN(CC(=O)O)CC1CC1. The van der Waals surface area contributed by atoms with Crippen LogP contribution in [-0.2, 0) is 4.79 Å². The predicted octanol–water partition coefficient (Wildman–Crippen LogP) is 1.12. The van der Waals surface area contributed by atoms with E-state index in [2.05, 4.69) is 23.6 Å². The molecule has 0 aliphatic heterocycles. The molecule has 0 aromatic rings. The van der Waals surface area contributed by atoms with E-state index >= 15 is 0 Å². The number of hydrogen-bond acceptors (Lipinski definition) is 3. The molecule has 1 saturated carbocycles. The molecule has 0 unspecified atom stereocenters. The van der Waals surface area contributed by atoms with Crippen molar-refractivity contribution in [1.82, 2.24) is 9.80 Å². The van der Waals surface area contributed by atoms with Crippen LogP contribution in [0.15, 0.2) is 0 Å². The maximum Gasteiger partial charge on any atom is 0.317 e. The van der Waals surface area contributed by atoms with Crippen LogP contribution in [0.5, 0.6) is 0 Å². The fourth-order valence-corrected chi connectivity index (χ4v) is 1.91. The average Bonchev–Trinajstić information content (AvgIpc) is 3.02. The standard InChI is InChI=1S/C12H24N2O2/c1-3-13(4-2)7-8-14(10-12(15)16)9-11-5-6-11/h11H,3-10H2,1-2H3,(H,15,16). The monoisotopic (exact) mass is 228 g/mol. The average molecular weight is 228 g/mol. The minimum absolute atomic E-state index is 0.192. The van der Waals surface area contributed by atoms with Crippen molar-refractivity contribution in [3.63, 3.8) is 0 Å². The molecule has 1 N–H and O–H groups in total. The van der Waals surface area contributed by atoms with Gasteiger partial charge in [0.2, 0.25) is 0 Å². The second kappa shape index (κ2) is 6.86. The lowest BCUT2D eigenvalue weighted by Gasteiger charge is -2.24.